The lowest BCUT2D eigenvalue weighted by Crippen LogP contribution is -2.26. The van der Waals surface area contributed by atoms with Crippen LogP contribution in [-0.2, 0) is 4.79 Å². The van der Waals surface area contributed by atoms with Gasteiger partial charge in [-0.15, -0.1) is 0 Å². The highest BCUT2D eigenvalue weighted by molar-refractivity contribution is 5.75. The van der Waals surface area contributed by atoms with Gasteiger partial charge in [0.2, 0.25) is 11.6 Å². The fourth-order valence-corrected chi connectivity index (χ4v) is 4.92. The summed E-state index contributed by atoms with van der Waals surface area (Å²) >= 11 is 0. The Balaban J connectivity index is 1.37. The monoisotopic (exact) mass is 558 g/mol. The van der Waals surface area contributed by atoms with E-state index in [1.54, 1.807) is 36.4 Å². The molecule has 1 saturated carbocycles. The molecule has 0 bridgehead atoms. The summed E-state index contributed by atoms with van der Waals surface area (Å²) in [5, 5.41) is 0. The summed E-state index contributed by atoms with van der Waals surface area (Å²) in [4.78, 5) is 12.7. The van der Waals surface area contributed by atoms with Crippen LogP contribution in [0.2, 0.25) is 0 Å². The molecular weight excluding hydrogens is 524 g/mol. The van der Waals surface area contributed by atoms with Gasteiger partial charge < -0.3 is 14.2 Å². The molecule has 0 amide bonds. The Kier molecular flexibility index (Phi) is 10.1. The molecule has 3 aromatic carbocycles. The van der Waals surface area contributed by atoms with Crippen molar-refractivity contribution in [1.82, 2.24) is 0 Å². The quantitative estimate of drug-likeness (QED) is 0.102. The summed E-state index contributed by atoms with van der Waals surface area (Å²) in [5.41, 5.74) is 0.974. The van der Waals surface area contributed by atoms with Crippen LogP contribution in [-0.4, -0.2) is 19.2 Å². The number of unbranched alkanes of at least 4 members (excludes halogenated alkanes) is 1. The predicted octanol–water partition coefficient (Wildman–Crippen LogP) is 8.76. The van der Waals surface area contributed by atoms with E-state index < -0.39 is 40.9 Å². The first-order chi connectivity index (χ1) is 19.3. The van der Waals surface area contributed by atoms with Crippen molar-refractivity contribution < 1.29 is 36.6 Å². The molecule has 4 nitrogen and oxygen atoms in total. The standard InChI is InChI=1S/C32H34F4O4/c1-3-5-19-39-26-16-17-27(31(36)30(26)35)40-32(37)22-8-6-20(7-9-22)24-14-15-25(29(34)28(24)33)21-10-12-23(13-11-21)38-18-4-2/h10-17,20,22H,3-9,18-19H2,1-2H3. The second-order valence-corrected chi connectivity index (χ2v) is 10.1. The SMILES string of the molecule is CCCCOc1ccc(OC(=O)C2CCC(c3ccc(-c4ccc(OCCC)cc4)c(F)c3F)CC2)c(F)c1F. The average Bonchev–Trinajstić information content (AvgIpc) is 2.97. The van der Waals surface area contributed by atoms with Crippen molar-refractivity contribution in [1.29, 1.82) is 0 Å². The molecule has 0 radical (unpaired) electrons. The van der Waals surface area contributed by atoms with Crippen molar-refractivity contribution in [3.05, 3.63) is 77.4 Å². The number of carbonyl (C=O) groups excluding carboxylic acids is 1. The topological polar surface area (TPSA) is 44.8 Å². The number of hydrogen-bond donors (Lipinski definition) is 0. The summed E-state index contributed by atoms with van der Waals surface area (Å²) in [5.74, 6) is -5.86. The molecule has 1 fully saturated rings. The van der Waals surface area contributed by atoms with Gasteiger partial charge in [-0.05, 0) is 79.8 Å². The summed E-state index contributed by atoms with van der Waals surface area (Å²) in [6.07, 6.45) is 3.98. The van der Waals surface area contributed by atoms with Crippen molar-refractivity contribution in [2.24, 2.45) is 5.92 Å². The van der Waals surface area contributed by atoms with E-state index in [9.17, 15) is 13.6 Å². The maximum Gasteiger partial charge on any atom is 0.314 e. The highest BCUT2D eigenvalue weighted by Crippen LogP contribution is 2.40. The first kappa shape index (κ1) is 29.4. The van der Waals surface area contributed by atoms with Crippen LogP contribution in [0, 0.1) is 29.2 Å². The van der Waals surface area contributed by atoms with Gasteiger partial charge >= 0.3 is 5.97 Å². The molecule has 0 aliphatic heterocycles. The number of hydrogen-bond acceptors (Lipinski definition) is 4. The fourth-order valence-electron chi connectivity index (χ4n) is 4.92. The second kappa shape index (κ2) is 13.7. The zero-order valence-electron chi connectivity index (χ0n) is 22.8. The zero-order chi connectivity index (χ0) is 28.6. The van der Waals surface area contributed by atoms with E-state index in [1.165, 1.54) is 12.1 Å². The average molecular weight is 559 g/mol. The smallest absolute Gasteiger partial charge is 0.314 e. The molecule has 3 aromatic rings. The summed E-state index contributed by atoms with van der Waals surface area (Å²) in [6, 6.07) is 12.4. The molecule has 4 rings (SSSR count). The van der Waals surface area contributed by atoms with E-state index in [-0.39, 0.29) is 29.4 Å². The van der Waals surface area contributed by atoms with E-state index in [0.717, 1.165) is 12.8 Å². The van der Waals surface area contributed by atoms with E-state index in [2.05, 4.69) is 0 Å². The van der Waals surface area contributed by atoms with Gasteiger partial charge in [0.25, 0.3) is 0 Å². The van der Waals surface area contributed by atoms with Crippen molar-refractivity contribution in [2.75, 3.05) is 13.2 Å². The molecule has 0 heterocycles. The molecule has 0 saturated heterocycles. The van der Waals surface area contributed by atoms with Crippen LogP contribution >= 0.6 is 0 Å². The number of benzene rings is 3. The molecule has 214 valence electrons. The van der Waals surface area contributed by atoms with Crippen LogP contribution in [0.25, 0.3) is 11.1 Å². The summed E-state index contributed by atoms with van der Waals surface area (Å²) in [6.45, 7) is 4.78. The normalized spacial score (nSPS) is 16.9. The number of rotatable bonds is 11. The van der Waals surface area contributed by atoms with Gasteiger partial charge in [0, 0.05) is 5.56 Å². The maximum absolute atomic E-state index is 15.2. The predicted molar refractivity (Wildman–Crippen MR) is 145 cm³/mol. The lowest BCUT2D eigenvalue weighted by atomic mass is 9.78. The van der Waals surface area contributed by atoms with Crippen LogP contribution in [0.4, 0.5) is 17.6 Å². The van der Waals surface area contributed by atoms with Gasteiger partial charge in [0.15, 0.2) is 23.1 Å². The molecule has 40 heavy (non-hydrogen) atoms. The first-order valence-corrected chi connectivity index (χ1v) is 13.9. The minimum Gasteiger partial charge on any atom is -0.494 e. The van der Waals surface area contributed by atoms with Crippen LogP contribution in [0.15, 0.2) is 48.5 Å². The van der Waals surface area contributed by atoms with Crippen molar-refractivity contribution >= 4 is 5.97 Å². The Morgan fingerprint density at radius 2 is 1.40 bits per heavy atom. The van der Waals surface area contributed by atoms with Crippen LogP contribution in [0.3, 0.4) is 0 Å². The Hall–Kier alpha value is -3.55. The molecule has 1 aliphatic carbocycles. The summed E-state index contributed by atoms with van der Waals surface area (Å²) < 4.78 is 75.0. The third-order valence-corrected chi connectivity index (χ3v) is 7.23. The third kappa shape index (κ3) is 6.77. The molecule has 0 unspecified atom stereocenters. The molecule has 0 N–H and O–H groups in total. The van der Waals surface area contributed by atoms with Gasteiger partial charge in [0.1, 0.15) is 5.75 Å². The fraction of sp³-hybridized carbons (Fsp3) is 0.406. The second-order valence-electron chi connectivity index (χ2n) is 10.1. The van der Waals surface area contributed by atoms with Gasteiger partial charge in [0.05, 0.1) is 19.1 Å². The molecule has 1 aliphatic rings. The minimum absolute atomic E-state index is 0.164. The third-order valence-electron chi connectivity index (χ3n) is 7.23. The van der Waals surface area contributed by atoms with E-state index >= 15 is 8.78 Å². The van der Waals surface area contributed by atoms with Crippen molar-refractivity contribution in [3.63, 3.8) is 0 Å². The van der Waals surface area contributed by atoms with Gasteiger partial charge in [-0.3, -0.25) is 4.79 Å². The number of halogens is 4. The molecule has 0 atom stereocenters. The van der Waals surface area contributed by atoms with E-state index in [1.807, 2.05) is 13.8 Å². The number of ether oxygens (including phenoxy) is 3. The van der Waals surface area contributed by atoms with Gasteiger partial charge in [-0.1, -0.05) is 44.5 Å². The van der Waals surface area contributed by atoms with Crippen LogP contribution in [0.1, 0.15) is 70.3 Å². The van der Waals surface area contributed by atoms with E-state index in [4.69, 9.17) is 14.2 Å². The van der Waals surface area contributed by atoms with Crippen LogP contribution < -0.4 is 14.2 Å². The van der Waals surface area contributed by atoms with E-state index in [0.29, 0.717) is 50.0 Å². The maximum atomic E-state index is 15.2. The van der Waals surface area contributed by atoms with Crippen LogP contribution in [0.5, 0.6) is 17.2 Å². The molecule has 0 aromatic heterocycles. The lowest BCUT2D eigenvalue weighted by Gasteiger charge is -2.28. The Labute approximate surface area is 232 Å². The highest BCUT2D eigenvalue weighted by Gasteiger charge is 2.31. The molecular formula is C32H34F4O4. The summed E-state index contributed by atoms with van der Waals surface area (Å²) in [7, 11) is 0. The highest BCUT2D eigenvalue weighted by atomic mass is 19.2. The Morgan fingerprint density at radius 3 is 2.08 bits per heavy atom. The largest absolute Gasteiger partial charge is 0.494 e. The Bertz CT molecular complexity index is 1300. The van der Waals surface area contributed by atoms with Crippen molar-refractivity contribution in [3.8, 4) is 28.4 Å². The number of carbonyl (C=O) groups is 1. The van der Waals surface area contributed by atoms with Gasteiger partial charge in [-0.25, -0.2) is 8.78 Å². The Morgan fingerprint density at radius 1 is 0.725 bits per heavy atom. The molecule has 0 spiro atoms. The number of esters is 1. The lowest BCUT2D eigenvalue weighted by molar-refractivity contribution is -0.140. The minimum atomic E-state index is -1.28. The van der Waals surface area contributed by atoms with Crippen molar-refractivity contribution in [2.45, 2.75) is 64.7 Å². The first-order valence-electron chi connectivity index (χ1n) is 13.9. The molecule has 8 heteroatoms. The van der Waals surface area contributed by atoms with Gasteiger partial charge in [-0.2, -0.15) is 8.78 Å². The zero-order valence-corrected chi connectivity index (χ0v) is 22.8.